The highest BCUT2D eigenvalue weighted by Gasteiger charge is 2.05. The van der Waals surface area contributed by atoms with Crippen LogP contribution >= 0.6 is 15.9 Å². The number of aromatic nitrogens is 1. The van der Waals surface area contributed by atoms with E-state index in [2.05, 4.69) is 45.3 Å². The molecule has 2 heterocycles. The summed E-state index contributed by atoms with van der Waals surface area (Å²) in [6, 6.07) is 8.28. The number of aromatic amines is 1. The summed E-state index contributed by atoms with van der Waals surface area (Å²) in [7, 11) is 0. The van der Waals surface area contributed by atoms with Gasteiger partial charge in [-0.3, -0.25) is 0 Å². The van der Waals surface area contributed by atoms with Crippen LogP contribution in [0.1, 0.15) is 11.1 Å². The van der Waals surface area contributed by atoms with E-state index < -0.39 is 0 Å². The highest BCUT2D eigenvalue weighted by Crippen LogP contribution is 2.24. The number of furan rings is 1. The van der Waals surface area contributed by atoms with Gasteiger partial charge in [-0.05, 0) is 29.3 Å². The van der Waals surface area contributed by atoms with Crippen molar-refractivity contribution in [1.82, 2.24) is 4.98 Å². The van der Waals surface area contributed by atoms with Crippen molar-refractivity contribution >= 4 is 26.8 Å². The SMILES string of the molecule is Brc1ccc2c(Cc3ccoc3)c[nH]c2c1. The minimum atomic E-state index is 0.901. The molecule has 1 N–H and O–H groups in total. The van der Waals surface area contributed by atoms with Crippen LogP contribution in [0.3, 0.4) is 0 Å². The van der Waals surface area contributed by atoms with Gasteiger partial charge in [-0.25, -0.2) is 0 Å². The van der Waals surface area contributed by atoms with Gasteiger partial charge in [0, 0.05) is 28.0 Å². The lowest BCUT2D eigenvalue weighted by Gasteiger charge is -1.96. The number of nitrogens with one attached hydrogen (secondary N) is 1. The molecular formula is C13H10BrNO. The van der Waals surface area contributed by atoms with Crippen molar-refractivity contribution in [2.45, 2.75) is 6.42 Å². The van der Waals surface area contributed by atoms with Crippen LogP contribution in [-0.4, -0.2) is 4.98 Å². The van der Waals surface area contributed by atoms with E-state index in [1.807, 2.05) is 6.07 Å². The molecule has 3 rings (SSSR count). The fourth-order valence-electron chi connectivity index (χ4n) is 1.92. The summed E-state index contributed by atoms with van der Waals surface area (Å²) in [6.45, 7) is 0. The predicted molar refractivity (Wildman–Crippen MR) is 67.5 cm³/mol. The Morgan fingerprint density at radius 2 is 2.19 bits per heavy atom. The maximum Gasteiger partial charge on any atom is 0.0937 e. The molecule has 3 aromatic rings. The van der Waals surface area contributed by atoms with Gasteiger partial charge in [0.25, 0.3) is 0 Å². The van der Waals surface area contributed by atoms with Crippen molar-refractivity contribution in [3.05, 3.63) is 58.6 Å². The predicted octanol–water partition coefficient (Wildman–Crippen LogP) is 4.11. The van der Waals surface area contributed by atoms with Crippen LogP contribution in [0.2, 0.25) is 0 Å². The lowest BCUT2D eigenvalue weighted by molar-refractivity contribution is 0.564. The second kappa shape index (κ2) is 3.83. The summed E-state index contributed by atoms with van der Waals surface area (Å²) in [5.41, 5.74) is 3.65. The first-order valence-corrected chi connectivity index (χ1v) is 5.89. The molecule has 0 saturated heterocycles. The standard InChI is InChI=1S/C13H10BrNO/c14-11-1-2-12-10(7-15-13(12)6-11)5-9-3-4-16-8-9/h1-4,6-8,15H,5H2. The molecule has 16 heavy (non-hydrogen) atoms. The summed E-state index contributed by atoms with van der Waals surface area (Å²) < 4.78 is 6.17. The Morgan fingerprint density at radius 3 is 3.00 bits per heavy atom. The number of hydrogen-bond donors (Lipinski definition) is 1. The third kappa shape index (κ3) is 1.67. The van der Waals surface area contributed by atoms with Gasteiger partial charge in [0.1, 0.15) is 0 Å². The van der Waals surface area contributed by atoms with Crippen LogP contribution < -0.4 is 0 Å². The normalized spacial score (nSPS) is 11.1. The van der Waals surface area contributed by atoms with Crippen molar-refractivity contribution in [2.75, 3.05) is 0 Å². The molecule has 0 atom stereocenters. The topological polar surface area (TPSA) is 28.9 Å². The maximum atomic E-state index is 5.08. The van der Waals surface area contributed by atoms with Gasteiger partial charge in [-0.15, -0.1) is 0 Å². The van der Waals surface area contributed by atoms with E-state index in [-0.39, 0.29) is 0 Å². The number of rotatable bonds is 2. The van der Waals surface area contributed by atoms with E-state index >= 15 is 0 Å². The number of halogens is 1. The zero-order chi connectivity index (χ0) is 11.0. The van der Waals surface area contributed by atoms with Gasteiger partial charge in [0.15, 0.2) is 0 Å². The average Bonchev–Trinajstić information content (AvgIpc) is 2.89. The van der Waals surface area contributed by atoms with E-state index in [9.17, 15) is 0 Å². The molecule has 3 heteroatoms. The number of H-pyrrole nitrogens is 1. The van der Waals surface area contributed by atoms with Crippen LogP contribution in [0.5, 0.6) is 0 Å². The largest absolute Gasteiger partial charge is 0.472 e. The molecule has 0 amide bonds. The first-order chi connectivity index (χ1) is 7.83. The molecule has 0 saturated carbocycles. The van der Waals surface area contributed by atoms with Gasteiger partial charge >= 0.3 is 0 Å². The molecule has 0 aliphatic carbocycles. The van der Waals surface area contributed by atoms with Gasteiger partial charge in [-0.1, -0.05) is 22.0 Å². The molecule has 0 aliphatic heterocycles. The van der Waals surface area contributed by atoms with Crippen molar-refractivity contribution in [3.63, 3.8) is 0 Å². The molecule has 0 spiro atoms. The monoisotopic (exact) mass is 275 g/mol. The van der Waals surface area contributed by atoms with Crippen molar-refractivity contribution in [3.8, 4) is 0 Å². The molecule has 1 aromatic carbocycles. The lowest BCUT2D eigenvalue weighted by atomic mass is 10.1. The van der Waals surface area contributed by atoms with Crippen molar-refractivity contribution < 1.29 is 4.42 Å². The van der Waals surface area contributed by atoms with Gasteiger partial charge in [0.05, 0.1) is 12.5 Å². The molecule has 2 nitrogen and oxygen atoms in total. The van der Waals surface area contributed by atoms with Crippen LogP contribution in [0, 0.1) is 0 Å². The molecule has 0 radical (unpaired) electrons. The molecule has 0 bridgehead atoms. The highest BCUT2D eigenvalue weighted by molar-refractivity contribution is 9.10. The van der Waals surface area contributed by atoms with E-state index in [1.54, 1.807) is 12.5 Å². The number of benzene rings is 1. The van der Waals surface area contributed by atoms with E-state index in [0.29, 0.717) is 0 Å². The van der Waals surface area contributed by atoms with E-state index in [1.165, 1.54) is 16.5 Å². The Bertz CT molecular complexity index is 610. The smallest absolute Gasteiger partial charge is 0.0937 e. The fourth-order valence-corrected chi connectivity index (χ4v) is 2.28. The van der Waals surface area contributed by atoms with Crippen LogP contribution in [0.25, 0.3) is 10.9 Å². The van der Waals surface area contributed by atoms with Gasteiger partial charge < -0.3 is 9.40 Å². The summed E-state index contributed by atoms with van der Waals surface area (Å²) in [5, 5.41) is 1.27. The van der Waals surface area contributed by atoms with Crippen LogP contribution in [-0.2, 0) is 6.42 Å². The molecule has 2 aromatic heterocycles. The second-order valence-electron chi connectivity index (χ2n) is 3.81. The van der Waals surface area contributed by atoms with E-state index in [0.717, 1.165) is 16.4 Å². The second-order valence-corrected chi connectivity index (χ2v) is 4.73. The number of hydrogen-bond acceptors (Lipinski definition) is 1. The molecule has 0 aliphatic rings. The summed E-state index contributed by atoms with van der Waals surface area (Å²) >= 11 is 3.47. The third-order valence-electron chi connectivity index (χ3n) is 2.70. The molecule has 80 valence electrons. The quantitative estimate of drug-likeness (QED) is 0.749. The lowest BCUT2D eigenvalue weighted by Crippen LogP contribution is -1.82. The minimum Gasteiger partial charge on any atom is -0.472 e. The fraction of sp³-hybridized carbons (Fsp3) is 0.0769. The Morgan fingerprint density at radius 1 is 1.25 bits per heavy atom. The molecular weight excluding hydrogens is 266 g/mol. The summed E-state index contributed by atoms with van der Waals surface area (Å²) in [5.74, 6) is 0. The molecule has 0 fully saturated rings. The first-order valence-electron chi connectivity index (χ1n) is 5.09. The third-order valence-corrected chi connectivity index (χ3v) is 3.20. The zero-order valence-corrected chi connectivity index (χ0v) is 10.1. The van der Waals surface area contributed by atoms with Crippen molar-refractivity contribution in [1.29, 1.82) is 0 Å². The number of fused-ring (bicyclic) bond motifs is 1. The minimum absolute atomic E-state index is 0.901. The average molecular weight is 276 g/mol. The van der Waals surface area contributed by atoms with Crippen LogP contribution in [0.15, 0.2) is 51.9 Å². The van der Waals surface area contributed by atoms with E-state index in [4.69, 9.17) is 4.42 Å². The Hall–Kier alpha value is -1.48. The van der Waals surface area contributed by atoms with Crippen molar-refractivity contribution in [2.24, 2.45) is 0 Å². The first kappa shape index (κ1) is 9.73. The Balaban J connectivity index is 2.04. The summed E-state index contributed by atoms with van der Waals surface area (Å²) in [4.78, 5) is 3.28. The van der Waals surface area contributed by atoms with Crippen LogP contribution in [0.4, 0.5) is 0 Å². The highest BCUT2D eigenvalue weighted by atomic mass is 79.9. The summed E-state index contributed by atoms with van der Waals surface area (Å²) in [6.07, 6.45) is 6.46. The van der Waals surface area contributed by atoms with Gasteiger partial charge in [0.2, 0.25) is 0 Å². The Labute approximate surface area is 101 Å². The maximum absolute atomic E-state index is 5.08. The zero-order valence-electron chi connectivity index (χ0n) is 8.53. The van der Waals surface area contributed by atoms with Gasteiger partial charge in [-0.2, -0.15) is 0 Å². The Kier molecular flexibility index (Phi) is 2.33. The molecule has 0 unspecified atom stereocenters.